The summed E-state index contributed by atoms with van der Waals surface area (Å²) < 4.78 is 6.44. The zero-order chi connectivity index (χ0) is 21.0. The van der Waals surface area contributed by atoms with E-state index in [0.29, 0.717) is 22.1 Å². The Morgan fingerprint density at radius 3 is 2.72 bits per heavy atom. The van der Waals surface area contributed by atoms with E-state index < -0.39 is 23.5 Å². The summed E-state index contributed by atoms with van der Waals surface area (Å²) in [6.07, 6.45) is 2.96. The van der Waals surface area contributed by atoms with Gasteiger partial charge >= 0.3 is 5.97 Å². The van der Waals surface area contributed by atoms with E-state index in [1.54, 1.807) is 36.6 Å². The average molecular weight is 434 g/mol. The van der Waals surface area contributed by atoms with E-state index in [1.807, 2.05) is 6.92 Å². The van der Waals surface area contributed by atoms with Crippen molar-refractivity contribution in [2.45, 2.75) is 32.7 Å². The number of ether oxygens (including phenoxy) is 1. The van der Waals surface area contributed by atoms with E-state index in [0.717, 1.165) is 12.8 Å². The van der Waals surface area contributed by atoms with Crippen LogP contribution in [0, 0.1) is 0 Å². The Bertz CT molecular complexity index is 1090. The molecule has 0 spiro atoms. The highest BCUT2D eigenvalue weighted by molar-refractivity contribution is 7.17. The second-order valence-corrected chi connectivity index (χ2v) is 7.74. The lowest BCUT2D eigenvalue weighted by Crippen LogP contribution is -2.32. The SMILES string of the molecule is CCCCOC(=O)c1csc2ncn(C(C)C(=O)Nc3ccc(Cl)cc3)c(=O)c12. The fourth-order valence-corrected chi connectivity index (χ4v) is 3.66. The predicted molar refractivity (Wildman–Crippen MR) is 114 cm³/mol. The van der Waals surface area contributed by atoms with Gasteiger partial charge in [-0.25, -0.2) is 9.78 Å². The molecule has 152 valence electrons. The smallest absolute Gasteiger partial charge is 0.339 e. The summed E-state index contributed by atoms with van der Waals surface area (Å²) in [6.45, 7) is 3.87. The normalized spacial score (nSPS) is 12.0. The van der Waals surface area contributed by atoms with E-state index in [2.05, 4.69) is 10.3 Å². The molecule has 0 saturated carbocycles. The summed E-state index contributed by atoms with van der Waals surface area (Å²) in [7, 11) is 0. The Hall–Kier alpha value is -2.71. The van der Waals surface area contributed by atoms with Gasteiger partial charge in [0, 0.05) is 16.1 Å². The van der Waals surface area contributed by atoms with Crippen LogP contribution in [-0.2, 0) is 9.53 Å². The minimum atomic E-state index is -0.834. The first-order valence-electron chi connectivity index (χ1n) is 9.14. The van der Waals surface area contributed by atoms with Crippen LogP contribution in [-0.4, -0.2) is 28.0 Å². The standard InChI is InChI=1S/C20H20ClN3O4S/c1-3-4-9-28-20(27)15-10-29-18-16(15)19(26)24(11-22-18)12(2)17(25)23-14-7-5-13(21)6-8-14/h5-8,10-12H,3-4,9H2,1-2H3,(H,23,25). The van der Waals surface area contributed by atoms with Crippen LogP contribution in [0.15, 0.2) is 40.8 Å². The first-order valence-corrected chi connectivity index (χ1v) is 10.4. The number of amides is 1. The zero-order valence-corrected chi connectivity index (χ0v) is 17.5. The lowest BCUT2D eigenvalue weighted by Gasteiger charge is -2.15. The summed E-state index contributed by atoms with van der Waals surface area (Å²) in [5, 5.41) is 5.02. The van der Waals surface area contributed by atoms with Crippen molar-refractivity contribution in [1.29, 1.82) is 0 Å². The van der Waals surface area contributed by atoms with Crippen LogP contribution in [0.4, 0.5) is 5.69 Å². The third kappa shape index (κ3) is 4.65. The van der Waals surface area contributed by atoms with Crippen LogP contribution in [0.5, 0.6) is 0 Å². The van der Waals surface area contributed by atoms with E-state index in [9.17, 15) is 14.4 Å². The molecule has 1 atom stereocenters. The highest BCUT2D eigenvalue weighted by atomic mass is 35.5. The van der Waals surface area contributed by atoms with Gasteiger partial charge in [0.15, 0.2) is 0 Å². The molecule has 2 heterocycles. The van der Waals surface area contributed by atoms with Crippen LogP contribution in [0.3, 0.4) is 0 Å². The van der Waals surface area contributed by atoms with Gasteiger partial charge in [0.2, 0.25) is 5.91 Å². The molecular formula is C20H20ClN3O4S. The molecule has 3 aromatic rings. The van der Waals surface area contributed by atoms with Crippen LogP contribution < -0.4 is 10.9 Å². The molecule has 7 nitrogen and oxygen atoms in total. The predicted octanol–water partition coefficient (Wildman–Crippen LogP) is 4.27. The molecule has 9 heteroatoms. The fourth-order valence-electron chi connectivity index (χ4n) is 2.66. The van der Waals surface area contributed by atoms with Crippen molar-refractivity contribution < 1.29 is 14.3 Å². The maximum atomic E-state index is 13.0. The Morgan fingerprint density at radius 2 is 2.03 bits per heavy atom. The number of anilines is 1. The van der Waals surface area contributed by atoms with Gasteiger partial charge in [-0.2, -0.15) is 0 Å². The molecule has 0 aliphatic carbocycles. The number of aromatic nitrogens is 2. The molecule has 29 heavy (non-hydrogen) atoms. The van der Waals surface area contributed by atoms with Crippen LogP contribution in [0.1, 0.15) is 43.1 Å². The van der Waals surface area contributed by atoms with E-state index in [1.165, 1.54) is 22.2 Å². The van der Waals surface area contributed by atoms with Gasteiger partial charge in [0.25, 0.3) is 5.56 Å². The number of hydrogen-bond acceptors (Lipinski definition) is 6. The fraction of sp³-hybridized carbons (Fsp3) is 0.300. The Labute approximate surface area is 176 Å². The third-order valence-electron chi connectivity index (χ3n) is 4.38. The number of nitrogens with one attached hydrogen (secondary N) is 1. The molecular weight excluding hydrogens is 414 g/mol. The van der Waals surface area contributed by atoms with Crippen molar-refractivity contribution in [2.75, 3.05) is 11.9 Å². The zero-order valence-electron chi connectivity index (χ0n) is 16.0. The molecule has 3 rings (SSSR count). The number of thiophene rings is 1. The molecule has 0 saturated heterocycles. The van der Waals surface area contributed by atoms with Gasteiger partial charge in [-0.15, -0.1) is 11.3 Å². The molecule has 0 fully saturated rings. The van der Waals surface area contributed by atoms with Crippen molar-refractivity contribution in [3.05, 3.63) is 56.9 Å². The van der Waals surface area contributed by atoms with Crippen LogP contribution >= 0.6 is 22.9 Å². The molecule has 0 aliphatic heterocycles. The van der Waals surface area contributed by atoms with Crippen LogP contribution in [0.25, 0.3) is 10.2 Å². The first kappa shape index (κ1) is 21.0. The number of nitrogens with zero attached hydrogens (tertiary/aromatic N) is 2. The monoisotopic (exact) mass is 433 g/mol. The van der Waals surface area contributed by atoms with E-state index in [4.69, 9.17) is 16.3 Å². The number of halogens is 1. The summed E-state index contributed by atoms with van der Waals surface area (Å²) in [4.78, 5) is 42.6. The molecule has 0 aliphatic rings. The van der Waals surface area contributed by atoms with Crippen molar-refractivity contribution in [3.63, 3.8) is 0 Å². The maximum Gasteiger partial charge on any atom is 0.339 e. The number of carbonyl (C=O) groups excluding carboxylic acids is 2. The largest absolute Gasteiger partial charge is 0.462 e. The highest BCUT2D eigenvalue weighted by Crippen LogP contribution is 2.23. The summed E-state index contributed by atoms with van der Waals surface area (Å²) >= 11 is 7.04. The summed E-state index contributed by atoms with van der Waals surface area (Å²) in [5.74, 6) is -0.947. The molecule has 1 amide bonds. The number of esters is 1. The number of benzene rings is 1. The second kappa shape index (κ2) is 9.19. The Kier molecular flexibility index (Phi) is 6.66. The Balaban J connectivity index is 1.87. The molecule has 1 aromatic carbocycles. The first-order chi connectivity index (χ1) is 13.9. The lowest BCUT2D eigenvalue weighted by atomic mass is 10.2. The van der Waals surface area contributed by atoms with Crippen molar-refractivity contribution in [3.8, 4) is 0 Å². The number of carbonyl (C=O) groups is 2. The molecule has 0 bridgehead atoms. The number of fused-ring (bicyclic) bond motifs is 1. The van der Waals surface area contributed by atoms with Gasteiger partial charge in [-0.1, -0.05) is 24.9 Å². The maximum absolute atomic E-state index is 13.0. The van der Waals surface area contributed by atoms with Crippen LogP contribution in [0.2, 0.25) is 5.02 Å². The molecule has 1 N–H and O–H groups in total. The second-order valence-electron chi connectivity index (χ2n) is 6.45. The number of rotatable bonds is 7. The molecule has 1 unspecified atom stereocenters. The van der Waals surface area contributed by atoms with Crippen molar-refractivity contribution in [2.24, 2.45) is 0 Å². The topological polar surface area (TPSA) is 90.3 Å². The van der Waals surface area contributed by atoms with Gasteiger partial charge in [0.05, 0.1) is 23.9 Å². The number of unbranched alkanes of at least 4 members (excludes halogenated alkanes) is 1. The highest BCUT2D eigenvalue weighted by Gasteiger charge is 2.22. The van der Waals surface area contributed by atoms with Gasteiger partial charge < -0.3 is 10.1 Å². The van der Waals surface area contributed by atoms with Crippen molar-refractivity contribution >= 4 is 50.7 Å². The summed E-state index contributed by atoms with van der Waals surface area (Å²) in [5.41, 5.74) is 0.278. The van der Waals surface area contributed by atoms with E-state index in [-0.39, 0.29) is 10.9 Å². The quantitative estimate of drug-likeness (QED) is 0.444. The lowest BCUT2D eigenvalue weighted by molar-refractivity contribution is -0.118. The minimum Gasteiger partial charge on any atom is -0.462 e. The third-order valence-corrected chi connectivity index (χ3v) is 5.52. The van der Waals surface area contributed by atoms with Gasteiger partial charge in [0.1, 0.15) is 10.9 Å². The Morgan fingerprint density at radius 1 is 1.31 bits per heavy atom. The van der Waals surface area contributed by atoms with Crippen molar-refractivity contribution in [1.82, 2.24) is 9.55 Å². The summed E-state index contributed by atoms with van der Waals surface area (Å²) in [6, 6.07) is 5.81. The minimum absolute atomic E-state index is 0.171. The number of hydrogen-bond donors (Lipinski definition) is 1. The molecule has 0 radical (unpaired) electrons. The van der Waals surface area contributed by atoms with E-state index >= 15 is 0 Å². The van der Waals surface area contributed by atoms with Gasteiger partial charge in [-0.05, 0) is 37.6 Å². The van der Waals surface area contributed by atoms with Gasteiger partial charge in [-0.3, -0.25) is 14.2 Å². The molecule has 2 aromatic heterocycles. The average Bonchev–Trinajstić information content (AvgIpc) is 3.15.